The Hall–Kier alpha value is -1.03. The van der Waals surface area contributed by atoms with Crippen LogP contribution in [0.1, 0.15) is 24.1 Å². The molecular formula is C15H15ClFNS. The molecule has 0 heterocycles. The van der Waals surface area contributed by atoms with Crippen molar-refractivity contribution in [2.75, 3.05) is 0 Å². The summed E-state index contributed by atoms with van der Waals surface area (Å²) in [7, 11) is 0. The molecule has 0 aromatic heterocycles. The van der Waals surface area contributed by atoms with Crippen molar-refractivity contribution in [1.29, 1.82) is 0 Å². The molecule has 0 aliphatic rings. The molecule has 0 radical (unpaired) electrons. The Kier molecular flexibility index (Phi) is 4.86. The maximum absolute atomic E-state index is 13.8. The van der Waals surface area contributed by atoms with Crippen molar-refractivity contribution < 1.29 is 4.39 Å². The lowest BCUT2D eigenvalue weighted by Gasteiger charge is -2.13. The molecule has 0 aliphatic heterocycles. The fourth-order valence-corrected chi connectivity index (χ4v) is 3.08. The summed E-state index contributed by atoms with van der Waals surface area (Å²) in [5.41, 5.74) is 7.57. The monoisotopic (exact) mass is 295 g/mol. The van der Waals surface area contributed by atoms with Gasteiger partial charge in [-0.15, -0.1) is 11.8 Å². The van der Waals surface area contributed by atoms with Crippen molar-refractivity contribution in [3.8, 4) is 0 Å². The van der Waals surface area contributed by atoms with Crippen LogP contribution in [0.25, 0.3) is 0 Å². The number of halogens is 2. The molecular weight excluding hydrogens is 281 g/mol. The summed E-state index contributed by atoms with van der Waals surface area (Å²) in [6, 6.07) is 12.4. The summed E-state index contributed by atoms with van der Waals surface area (Å²) in [6.45, 7) is 1.80. The van der Waals surface area contributed by atoms with Gasteiger partial charge in [0.1, 0.15) is 5.82 Å². The van der Waals surface area contributed by atoms with E-state index < -0.39 is 0 Å². The van der Waals surface area contributed by atoms with Gasteiger partial charge < -0.3 is 5.73 Å². The van der Waals surface area contributed by atoms with Crippen LogP contribution in [0, 0.1) is 5.82 Å². The van der Waals surface area contributed by atoms with E-state index in [2.05, 4.69) is 0 Å². The maximum atomic E-state index is 13.8. The Bertz CT molecular complexity index is 555. The van der Waals surface area contributed by atoms with Crippen LogP contribution in [0.5, 0.6) is 0 Å². The zero-order valence-corrected chi connectivity index (χ0v) is 12.1. The van der Waals surface area contributed by atoms with E-state index in [0.717, 1.165) is 21.2 Å². The third kappa shape index (κ3) is 3.72. The molecule has 0 fully saturated rings. The van der Waals surface area contributed by atoms with Crippen molar-refractivity contribution >= 4 is 23.4 Å². The van der Waals surface area contributed by atoms with Crippen LogP contribution in [-0.2, 0) is 5.75 Å². The first-order chi connectivity index (χ1) is 9.08. The van der Waals surface area contributed by atoms with Crippen LogP contribution in [0.4, 0.5) is 4.39 Å². The zero-order chi connectivity index (χ0) is 13.8. The van der Waals surface area contributed by atoms with Crippen molar-refractivity contribution in [3.05, 3.63) is 64.4 Å². The van der Waals surface area contributed by atoms with E-state index in [4.69, 9.17) is 17.3 Å². The third-order valence-electron chi connectivity index (χ3n) is 2.78. The number of benzene rings is 2. The van der Waals surface area contributed by atoms with Gasteiger partial charge in [0.2, 0.25) is 0 Å². The summed E-state index contributed by atoms with van der Waals surface area (Å²) < 4.78 is 13.8. The second-order valence-corrected chi connectivity index (χ2v) is 5.81. The van der Waals surface area contributed by atoms with Gasteiger partial charge in [-0.05, 0) is 36.8 Å². The molecule has 100 valence electrons. The Morgan fingerprint density at radius 2 is 1.89 bits per heavy atom. The summed E-state index contributed by atoms with van der Waals surface area (Å²) in [6.07, 6.45) is 0. The Labute approximate surface area is 122 Å². The second-order valence-electron chi connectivity index (χ2n) is 4.36. The van der Waals surface area contributed by atoms with Gasteiger partial charge in [0.25, 0.3) is 0 Å². The minimum absolute atomic E-state index is 0.240. The predicted molar refractivity (Wildman–Crippen MR) is 80.0 cm³/mol. The van der Waals surface area contributed by atoms with E-state index in [1.54, 1.807) is 24.8 Å². The Morgan fingerprint density at radius 1 is 1.21 bits per heavy atom. The SMILES string of the molecule is C[C@@H](N)c1c(F)cccc1SCc1ccc(Cl)cc1. The standard InChI is InChI=1S/C15H15ClFNS/c1-10(18)15-13(17)3-2-4-14(15)19-9-11-5-7-12(16)8-6-11/h2-8,10H,9,18H2,1H3/t10-/m1/s1. The average molecular weight is 296 g/mol. The molecule has 0 unspecified atom stereocenters. The first-order valence-corrected chi connectivity index (χ1v) is 7.35. The highest BCUT2D eigenvalue weighted by atomic mass is 35.5. The van der Waals surface area contributed by atoms with Crippen molar-refractivity contribution in [3.63, 3.8) is 0 Å². The normalized spacial score (nSPS) is 12.4. The molecule has 19 heavy (non-hydrogen) atoms. The van der Waals surface area contributed by atoms with Crippen LogP contribution < -0.4 is 5.73 Å². The molecule has 2 rings (SSSR count). The first-order valence-electron chi connectivity index (χ1n) is 5.99. The summed E-state index contributed by atoms with van der Waals surface area (Å²) in [4.78, 5) is 0.893. The van der Waals surface area contributed by atoms with E-state index >= 15 is 0 Å². The molecule has 0 aliphatic carbocycles. The van der Waals surface area contributed by atoms with E-state index in [-0.39, 0.29) is 11.9 Å². The molecule has 0 amide bonds. The fourth-order valence-electron chi connectivity index (χ4n) is 1.83. The third-order valence-corrected chi connectivity index (χ3v) is 4.17. The number of nitrogens with two attached hydrogens (primary N) is 1. The van der Waals surface area contributed by atoms with Crippen LogP contribution in [0.3, 0.4) is 0 Å². The van der Waals surface area contributed by atoms with Crippen LogP contribution in [-0.4, -0.2) is 0 Å². The Balaban J connectivity index is 2.15. The molecule has 0 saturated heterocycles. The van der Waals surface area contributed by atoms with E-state index in [0.29, 0.717) is 5.56 Å². The molecule has 2 aromatic rings. The molecule has 0 spiro atoms. The Morgan fingerprint density at radius 3 is 2.53 bits per heavy atom. The number of thioether (sulfide) groups is 1. The fraction of sp³-hybridized carbons (Fsp3) is 0.200. The predicted octanol–water partition coefficient (Wildman–Crippen LogP) is 4.79. The molecule has 2 aromatic carbocycles. The minimum Gasteiger partial charge on any atom is -0.324 e. The van der Waals surface area contributed by atoms with Crippen molar-refractivity contribution in [2.24, 2.45) is 5.73 Å². The van der Waals surface area contributed by atoms with Gasteiger partial charge in [0, 0.05) is 27.3 Å². The molecule has 4 heteroatoms. The summed E-state index contributed by atoms with van der Waals surface area (Å²) in [5, 5.41) is 0.718. The van der Waals surface area contributed by atoms with Gasteiger partial charge in [-0.2, -0.15) is 0 Å². The van der Waals surface area contributed by atoms with Gasteiger partial charge >= 0.3 is 0 Å². The second kappa shape index (κ2) is 6.42. The smallest absolute Gasteiger partial charge is 0.129 e. The number of hydrogen-bond acceptors (Lipinski definition) is 2. The largest absolute Gasteiger partial charge is 0.324 e. The number of rotatable bonds is 4. The summed E-state index contributed by atoms with van der Waals surface area (Å²) >= 11 is 7.43. The lowest BCUT2D eigenvalue weighted by atomic mass is 10.1. The molecule has 0 bridgehead atoms. The molecule has 0 saturated carbocycles. The van der Waals surface area contributed by atoms with Gasteiger partial charge in [-0.3, -0.25) is 0 Å². The lowest BCUT2D eigenvalue weighted by Crippen LogP contribution is -2.09. The van der Waals surface area contributed by atoms with Crippen LogP contribution in [0.15, 0.2) is 47.4 Å². The van der Waals surface area contributed by atoms with Gasteiger partial charge in [-0.25, -0.2) is 4.39 Å². The maximum Gasteiger partial charge on any atom is 0.129 e. The zero-order valence-electron chi connectivity index (χ0n) is 10.6. The van der Waals surface area contributed by atoms with Gasteiger partial charge in [0.05, 0.1) is 0 Å². The molecule has 1 atom stereocenters. The minimum atomic E-state index is -0.311. The average Bonchev–Trinajstić information content (AvgIpc) is 2.37. The van der Waals surface area contributed by atoms with E-state index in [1.807, 2.05) is 30.3 Å². The highest BCUT2D eigenvalue weighted by molar-refractivity contribution is 7.98. The van der Waals surface area contributed by atoms with Crippen LogP contribution >= 0.6 is 23.4 Å². The lowest BCUT2D eigenvalue weighted by molar-refractivity contribution is 0.585. The molecule has 1 nitrogen and oxygen atoms in total. The van der Waals surface area contributed by atoms with E-state index in [9.17, 15) is 4.39 Å². The van der Waals surface area contributed by atoms with E-state index in [1.165, 1.54) is 6.07 Å². The summed E-state index contributed by atoms with van der Waals surface area (Å²) in [5.74, 6) is 0.525. The quantitative estimate of drug-likeness (QED) is 0.821. The van der Waals surface area contributed by atoms with Crippen molar-refractivity contribution in [1.82, 2.24) is 0 Å². The topological polar surface area (TPSA) is 26.0 Å². The van der Waals surface area contributed by atoms with Crippen molar-refractivity contribution in [2.45, 2.75) is 23.6 Å². The number of hydrogen-bond donors (Lipinski definition) is 1. The first kappa shape index (κ1) is 14.4. The molecule has 2 N–H and O–H groups in total. The van der Waals surface area contributed by atoms with Gasteiger partial charge in [0.15, 0.2) is 0 Å². The highest BCUT2D eigenvalue weighted by Crippen LogP contribution is 2.31. The van der Waals surface area contributed by atoms with Crippen LogP contribution in [0.2, 0.25) is 5.02 Å². The highest BCUT2D eigenvalue weighted by Gasteiger charge is 2.12. The van der Waals surface area contributed by atoms with Gasteiger partial charge in [-0.1, -0.05) is 29.8 Å².